The minimum atomic E-state index is -0.101. The number of carbonyl (C=O) groups excluding carboxylic acids is 1. The number of anilines is 2. The average molecular weight is 348 g/mol. The van der Waals surface area contributed by atoms with E-state index in [2.05, 4.69) is 31.5 Å². The standard InChI is InChI=1S/C16H18BrN3O/c1-3-6-19-16(21)12-8-13(10-18-9-12)20-15-5-4-11(2)7-14(15)17/h4-5,7-10,20H,3,6H2,1-2H3,(H,19,21). The van der Waals surface area contributed by atoms with E-state index < -0.39 is 0 Å². The third-order valence-electron chi connectivity index (χ3n) is 2.94. The minimum absolute atomic E-state index is 0.101. The van der Waals surface area contributed by atoms with Crippen LogP contribution >= 0.6 is 15.9 Å². The molecular weight excluding hydrogens is 330 g/mol. The van der Waals surface area contributed by atoms with Crippen LogP contribution in [0.4, 0.5) is 11.4 Å². The number of halogens is 1. The van der Waals surface area contributed by atoms with Crippen LogP contribution in [0, 0.1) is 6.92 Å². The molecule has 0 saturated carbocycles. The van der Waals surface area contributed by atoms with Crippen molar-refractivity contribution in [3.63, 3.8) is 0 Å². The molecule has 1 aromatic heterocycles. The first-order valence-electron chi connectivity index (χ1n) is 6.86. The molecule has 0 saturated heterocycles. The first-order valence-corrected chi connectivity index (χ1v) is 7.66. The summed E-state index contributed by atoms with van der Waals surface area (Å²) in [6.07, 6.45) is 4.18. The van der Waals surface area contributed by atoms with Gasteiger partial charge >= 0.3 is 0 Å². The fraction of sp³-hybridized carbons (Fsp3) is 0.250. The van der Waals surface area contributed by atoms with Gasteiger partial charge in [-0.15, -0.1) is 0 Å². The van der Waals surface area contributed by atoms with E-state index in [-0.39, 0.29) is 5.91 Å². The van der Waals surface area contributed by atoms with Crippen molar-refractivity contribution in [3.05, 3.63) is 52.3 Å². The molecule has 0 aliphatic rings. The van der Waals surface area contributed by atoms with Gasteiger partial charge in [-0.25, -0.2) is 0 Å². The van der Waals surface area contributed by atoms with Crippen LogP contribution in [0.2, 0.25) is 0 Å². The quantitative estimate of drug-likeness (QED) is 0.858. The van der Waals surface area contributed by atoms with Crippen LogP contribution < -0.4 is 10.6 Å². The van der Waals surface area contributed by atoms with E-state index in [1.165, 1.54) is 5.56 Å². The fourth-order valence-electron chi connectivity index (χ4n) is 1.85. The number of benzene rings is 1. The lowest BCUT2D eigenvalue weighted by atomic mass is 10.2. The second-order valence-electron chi connectivity index (χ2n) is 4.83. The number of hydrogen-bond acceptors (Lipinski definition) is 3. The Morgan fingerprint density at radius 1 is 1.29 bits per heavy atom. The number of aromatic nitrogens is 1. The molecule has 21 heavy (non-hydrogen) atoms. The number of pyridine rings is 1. The Morgan fingerprint density at radius 3 is 2.81 bits per heavy atom. The molecule has 0 bridgehead atoms. The summed E-state index contributed by atoms with van der Waals surface area (Å²) in [6.45, 7) is 4.72. The minimum Gasteiger partial charge on any atom is -0.353 e. The van der Waals surface area contributed by atoms with Crippen molar-refractivity contribution in [3.8, 4) is 0 Å². The molecule has 2 N–H and O–H groups in total. The van der Waals surface area contributed by atoms with Crippen LogP contribution in [-0.2, 0) is 0 Å². The molecule has 5 heteroatoms. The molecule has 1 heterocycles. The molecule has 1 amide bonds. The maximum Gasteiger partial charge on any atom is 0.252 e. The Balaban J connectivity index is 2.15. The Kier molecular flexibility index (Phi) is 5.33. The van der Waals surface area contributed by atoms with Crippen LogP contribution in [0.5, 0.6) is 0 Å². The number of nitrogens with zero attached hydrogens (tertiary/aromatic N) is 1. The van der Waals surface area contributed by atoms with E-state index in [0.717, 1.165) is 22.3 Å². The summed E-state index contributed by atoms with van der Waals surface area (Å²) in [6, 6.07) is 7.85. The second kappa shape index (κ2) is 7.22. The largest absolute Gasteiger partial charge is 0.353 e. The number of carbonyl (C=O) groups is 1. The highest BCUT2D eigenvalue weighted by Crippen LogP contribution is 2.26. The lowest BCUT2D eigenvalue weighted by molar-refractivity contribution is 0.0953. The molecular formula is C16H18BrN3O. The summed E-state index contributed by atoms with van der Waals surface area (Å²) in [7, 11) is 0. The highest BCUT2D eigenvalue weighted by atomic mass is 79.9. The van der Waals surface area contributed by atoms with Gasteiger partial charge in [0.05, 0.1) is 23.1 Å². The van der Waals surface area contributed by atoms with Crippen molar-refractivity contribution in [2.75, 3.05) is 11.9 Å². The number of hydrogen-bond donors (Lipinski definition) is 2. The zero-order chi connectivity index (χ0) is 15.2. The van der Waals surface area contributed by atoms with Gasteiger partial charge in [-0.3, -0.25) is 9.78 Å². The summed E-state index contributed by atoms with van der Waals surface area (Å²) < 4.78 is 0.975. The van der Waals surface area contributed by atoms with Crippen LogP contribution in [0.25, 0.3) is 0 Å². The van der Waals surface area contributed by atoms with Crippen LogP contribution in [0.1, 0.15) is 29.3 Å². The summed E-state index contributed by atoms with van der Waals surface area (Å²) in [5.41, 5.74) is 3.45. The van der Waals surface area contributed by atoms with Crippen molar-refractivity contribution in [1.29, 1.82) is 0 Å². The highest BCUT2D eigenvalue weighted by Gasteiger charge is 2.07. The molecule has 0 unspecified atom stereocenters. The van der Waals surface area contributed by atoms with Gasteiger partial charge in [-0.05, 0) is 53.0 Å². The zero-order valence-corrected chi connectivity index (χ0v) is 13.7. The number of aryl methyl sites for hydroxylation is 1. The maximum absolute atomic E-state index is 11.9. The average Bonchev–Trinajstić information content (AvgIpc) is 2.48. The smallest absolute Gasteiger partial charge is 0.252 e. The van der Waals surface area contributed by atoms with Gasteiger partial charge in [0.15, 0.2) is 0 Å². The van der Waals surface area contributed by atoms with Crippen LogP contribution in [0.15, 0.2) is 41.1 Å². The third-order valence-corrected chi connectivity index (χ3v) is 3.60. The molecule has 0 aliphatic carbocycles. The van der Waals surface area contributed by atoms with E-state index >= 15 is 0 Å². The van der Waals surface area contributed by atoms with Crippen molar-refractivity contribution < 1.29 is 4.79 Å². The predicted molar refractivity (Wildman–Crippen MR) is 89.0 cm³/mol. The summed E-state index contributed by atoms with van der Waals surface area (Å²) in [4.78, 5) is 16.1. The van der Waals surface area contributed by atoms with E-state index in [4.69, 9.17) is 0 Å². The monoisotopic (exact) mass is 347 g/mol. The number of rotatable bonds is 5. The molecule has 0 spiro atoms. The Hall–Kier alpha value is -1.88. The number of amides is 1. The predicted octanol–water partition coefficient (Wildman–Crippen LogP) is 4.04. The van der Waals surface area contributed by atoms with Gasteiger partial charge in [-0.2, -0.15) is 0 Å². The summed E-state index contributed by atoms with van der Waals surface area (Å²) in [5, 5.41) is 6.10. The van der Waals surface area contributed by atoms with Crippen molar-refractivity contribution >= 4 is 33.2 Å². The van der Waals surface area contributed by atoms with Gasteiger partial charge in [-0.1, -0.05) is 13.0 Å². The van der Waals surface area contributed by atoms with Crippen LogP contribution in [-0.4, -0.2) is 17.4 Å². The zero-order valence-electron chi connectivity index (χ0n) is 12.1. The molecule has 110 valence electrons. The van der Waals surface area contributed by atoms with E-state index in [1.54, 1.807) is 18.5 Å². The Labute approximate surface area is 133 Å². The molecule has 2 aromatic rings. The third kappa shape index (κ3) is 4.29. The maximum atomic E-state index is 11.9. The van der Waals surface area contributed by atoms with Gasteiger partial charge in [0.2, 0.25) is 0 Å². The molecule has 0 fully saturated rings. The van der Waals surface area contributed by atoms with Crippen molar-refractivity contribution in [2.45, 2.75) is 20.3 Å². The van der Waals surface area contributed by atoms with E-state index in [0.29, 0.717) is 12.1 Å². The Bertz CT molecular complexity index is 643. The van der Waals surface area contributed by atoms with E-state index in [9.17, 15) is 4.79 Å². The van der Waals surface area contributed by atoms with Gasteiger partial charge in [0.25, 0.3) is 5.91 Å². The van der Waals surface area contributed by atoms with E-state index in [1.807, 2.05) is 32.0 Å². The van der Waals surface area contributed by atoms with Crippen LogP contribution in [0.3, 0.4) is 0 Å². The molecule has 4 nitrogen and oxygen atoms in total. The normalized spacial score (nSPS) is 10.2. The van der Waals surface area contributed by atoms with Gasteiger partial charge < -0.3 is 10.6 Å². The first kappa shape index (κ1) is 15.5. The highest BCUT2D eigenvalue weighted by molar-refractivity contribution is 9.10. The topological polar surface area (TPSA) is 54.0 Å². The Morgan fingerprint density at radius 2 is 2.10 bits per heavy atom. The lowest BCUT2D eigenvalue weighted by Crippen LogP contribution is -2.24. The first-order chi connectivity index (χ1) is 10.1. The molecule has 0 radical (unpaired) electrons. The van der Waals surface area contributed by atoms with Crippen molar-refractivity contribution in [1.82, 2.24) is 10.3 Å². The summed E-state index contributed by atoms with van der Waals surface area (Å²) >= 11 is 3.52. The second-order valence-corrected chi connectivity index (χ2v) is 5.68. The van der Waals surface area contributed by atoms with Gasteiger partial charge in [0, 0.05) is 17.2 Å². The SMILES string of the molecule is CCCNC(=O)c1cncc(Nc2ccc(C)cc2Br)c1. The number of nitrogens with one attached hydrogen (secondary N) is 2. The lowest BCUT2D eigenvalue weighted by Gasteiger charge is -2.10. The molecule has 2 rings (SSSR count). The molecule has 0 aliphatic heterocycles. The molecule has 1 aromatic carbocycles. The van der Waals surface area contributed by atoms with Gasteiger partial charge in [0.1, 0.15) is 0 Å². The fourth-order valence-corrected chi connectivity index (χ4v) is 2.44. The molecule has 0 atom stereocenters. The van der Waals surface area contributed by atoms with Crippen molar-refractivity contribution in [2.24, 2.45) is 0 Å². The summed E-state index contributed by atoms with van der Waals surface area (Å²) in [5.74, 6) is -0.101.